The van der Waals surface area contributed by atoms with Crippen LogP contribution in [-0.2, 0) is 13.0 Å². The molecule has 0 aliphatic heterocycles. The molecule has 0 saturated heterocycles. The number of aliphatic hydroxyl groups is 1. The SMILES string of the molecule is CCn1cc(CCCO)c2cccc(F)c21. The van der Waals surface area contributed by atoms with E-state index in [1.165, 1.54) is 6.07 Å². The fourth-order valence-corrected chi connectivity index (χ4v) is 2.11. The molecule has 1 heterocycles. The van der Waals surface area contributed by atoms with Crippen molar-refractivity contribution in [3.8, 4) is 0 Å². The summed E-state index contributed by atoms with van der Waals surface area (Å²) in [6.07, 6.45) is 3.51. The van der Waals surface area contributed by atoms with Crippen LogP contribution in [0.1, 0.15) is 18.9 Å². The quantitative estimate of drug-likeness (QED) is 0.843. The monoisotopic (exact) mass is 221 g/mol. The molecule has 0 radical (unpaired) electrons. The van der Waals surface area contributed by atoms with Gasteiger partial charge >= 0.3 is 0 Å². The van der Waals surface area contributed by atoms with E-state index in [1.807, 2.05) is 23.8 Å². The van der Waals surface area contributed by atoms with E-state index in [9.17, 15) is 4.39 Å². The van der Waals surface area contributed by atoms with Gasteiger partial charge in [-0.1, -0.05) is 12.1 Å². The van der Waals surface area contributed by atoms with Crippen LogP contribution in [0.25, 0.3) is 10.9 Å². The molecule has 0 unspecified atom stereocenters. The summed E-state index contributed by atoms with van der Waals surface area (Å²) in [5.41, 5.74) is 1.79. The first-order valence-corrected chi connectivity index (χ1v) is 5.65. The number of benzene rings is 1. The van der Waals surface area contributed by atoms with Crippen molar-refractivity contribution in [2.75, 3.05) is 6.61 Å². The first-order valence-electron chi connectivity index (χ1n) is 5.65. The van der Waals surface area contributed by atoms with E-state index in [0.717, 1.165) is 30.3 Å². The summed E-state index contributed by atoms with van der Waals surface area (Å²) in [5, 5.41) is 9.81. The summed E-state index contributed by atoms with van der Waals surface area (Å²) in [7, 11) is 0. The Morgan fingerprint density at radius 3 is 2.88 bits per heavy atom. The second-order valence-corrected chi connectivity index (χ2v) is 3.90. The highest BCUT2D eigenvalue weighted by Crippen LogP contribution is 2.24. The topological polar surface area (TPSA) is 25.2 Å². The average Bonchev–Trinajstić information content (AvgIpc) is 2.66. The van der Waals surface area contributed by atoms with Crippen LogP contribution in [0.15, 0.2) is 24.4 Å². The fraction of sp³-hybridized carbons (Fsp3) is 0.385. The standard InChI is InChI=1S/C13H16FNO/c1-2-15-9-10(5-4-8-16)11-6-3-7-12(14)13(11)15/h3,6-7,9,16H,2,4-5,8H2,1H3. The minimum absolute atomic E-state index is 0.172. The lowest BCUT2D eigenvalue weighted by Gasteiger charge is -2.00. The maximum absolute atomic E-state index is 13.7. The number of hydrogen-bond acceptors (Lipinski definition) is 1. The van der Waals surface area contributed by atoms with Gasteiger partial charge in [0, 0.05) is 24.7 Å². The number of aliphatic hydroxyl groups excluding tert-OH is 1. The summed E-state index contributed by atoms with van der Waals surface area (Å²) < 4.78 is 15.6. The van der Waals surface area contributed by atoms with Crippen LogP contribution in [-0.4, -0.2) is 16.3 Å². The number of nitrogens with zero attached hydrogens (tertiary/aromatic N) is 1. The first-order chi connectivity index (χ1) is 7.77. The largest absolute Gasteiger partial charge is 0.396 e. The second kappa shape index (κ2) is 4.66. The van der Waals surface area contributed by atoms with Crippen molar-refractivity contribution < 1.29 is 9.50 Å². The first kappa shape index (κ1) is 11.1. The third-order valence-electron chi connectivity index (χ3n) is 2.88. The van der Waals surface area contributed by atoms with Gasteiger partial charge in [-0.15, -0.1) is 0 Å². The summed E-state index contributed by atoms with van der Waals surface area (Å²) in [6, 6.07) is 5.17. The molecule has 0 fully saturated rings. The van der Waals surface area contributed by atoms with Crippen molar-refractivity contribution in [3.05, 3.63) is 35.8 Å². The number of rotatable bonds is 4. The number of para-hydroxylation sites is 1. The van der Waals surface area contributed by atoms with Crippen LogP contribution in [0.3, 0.4) is 0 Å². The van der Waals surface area contributed by atoms with Crippen molar-refractivity contribution in [2.45, 2.75) is 26.3 Å². The van der Waals surface area contributed by atoms with Gasteiger partial charge in [-0.2, -0.15) is 0 Å². The predicted octanol–water partition coefficient (Wildman–Crippen LogP) is 2.73. The zero-order chi connectivity index (χ0) is 11.5. The Bertz CT molecular complexity index is 490. The minimum atomic E-state index is -0.172. The van der Waals surface area contributed by atoms with Crippen LogP contribution in [0, 0.1) is 5.82 Å². The molecule has 2 rings (SSSR count). The van der Waals surface area contributed by atoms with Crippen molar-refractivity contribution >= 4 is 10.9 Å². The third-order valence-corrected chi connectivity index (χ3v) is 2.88. The highest BCUT2D eigenvalue weighted by atomic mass is 19.1. The molecule has 3 heteroatoms. The molecular weight excluding hydrogens is 205 g/mol. The molecular formula is C13H16FNO. The van der Waals surface area contributed by atoms with Gasteiger partial charge in [-0.25, -0.2) is 4.39 Å². The van der Waals surface area contributed by atoms with Gasteiger partial charge in [-0.3, -0.25) is 0 Å². The zero-order valence-corrected chi connectivity index (χ0v) is 9.41. The third kappa shape index (κ3) is 1.83. The Labute approximate surface area is 94.3 Å². The molecule has 0 atom stereocenters. The Hall–Kier alpha value is -1.35. The number of halogens is 1. The highest BCUT2D eigenvalue weighted by Gasteiger charge is 2.10. The summed E-state index contributed by atoms with van der Waals surface area (Å²) in [4.78, 5) is 0. The van der Waals surface area contributed by atoms with Crippen molar-refractivity contribution in [3.63, 3.8) is 0 Å². The maximum atomic E-state index is 13.7. The van der Waals surface area contributed by atoms with Gasteiger partial charge in [0.2, 0.25) is 0 Å². The lowest BCUT2D eigenvalue weighted by atomic mass is 10.1. The fourth-order valence-electron chi connectivity index (χ4n) is 2.11. The highest BCUT2D eigenvalue weighted by molar-refractivity contribution is 5.84. The Morgan fingerprint density at radius 2 is 2.19 bits per heavy atom. The average molecular weight is 221 g/mol. The van der Waals surface area contributed by atoms with Crippen LogP contribution in [0.5, 0.6) is 0 Å². The number of hydrogen-bond donors (Lipinski definition) is 1. The number of aromatic nitrogens is 1. The molecule has 86 valence electrons. The van der Waals surface area contributed by atoms with Crippen LogP contribution < -0.4 is 0 Å². The maximum Gasteiger partial charge on any atom is 0.147 e. The van der Waals surface area contributed by atoms with E-state index in [1.54, 1.807) is 6.07 Å². The second-order valence-electron chi connectivity index (χ2n) is 3.90. The molecule has 1 N–H and O–H groups in total. The van der Waals surface area contributed by atoms with Gasteiger partial charge in [0.25, 0.3) is 0 Å². The van der Waals surface area contributed by atoms with Gasteiger partial charge < -0.3 is 9.67 Å². The van der Waals surface area contributed by atoms with E-state index in [0.29, 0.717) is 5.52 Å². The van der Waals surface area contributed by atoms with Gasteiger partial charge in [0.1, 0.15) is 5.82 Å². The smallest absolute Gasteiger partial charge is 0.147 e. The molecule has 0 saturated carbocycles. The molecule has 0 spiro atoms. The zero-order valence-electron chi connectivity index (χ0n) is 9.41. The molecule has 16 heavy (non-hydrogen) atoms. The van der Waals surface area contributed by atoms with Gasteiger partial charge in [0.15, 0.2) is 0 Å². The van der Waals surface area contributed by atoms with Crippen LogP contribution >= 0.6 is 0 Å². The van der Waals surface area contributed by atoms with Crippen molar-refractivity contribution in [1.82, 2.24) is 4.57 Å². The molecule has 2 nitrogen and oxygen atoms in total. The molecule has 0 aliphatic carbocycles. The molecule has 0 aliphatic rings. The van der Waals surface area contributed by atoms with E-state index < -0.39 is 0 Å². The Kier molecular flexibility index (Phi) is 3.25. The summed E-state index contributed by atoms with van der Waals surface area (Å²) in [5.74, 6) is -0.172. The Balaban J connectivity index is 2.54. The Morgan fingerprint density at radius 1 is 1.38 bits per heavy atom. The minimum Gasteiger partial charge on any atom is -0.396 e. The molecule has 0 bridgehead atoms. The van der Waals surface area contributed by atoms with E-state index in [-0.39, 0.29) is 12.4 Å². The van der Waals surface area contributed by atoms with Gasteiger partial charge in [-0.05, 0) is 31.4 Å². The van der Waals surface area contributed by atoms with E-state index in [2.05, 4.69) is 0 Å². The lowest BCUT2D eigenvalue weighted by Crippen LogP contribution is -1.93. The van der Waals surface area contributed by atoms with Gasteiger partial charge in [0.05, 0.1) is 5.52 Å². The normalized spacial score (nSPS) is 11.2. The van der Waals surface area contributed by atoms with Crippen molar-refractivity contribution in [1.29, 1.82) is 0 Å². The van der Waals surface area contributed by atoms with E-state index in [4.69, 9.17) is 5.11 Å². The lowest BCUT2D eigenvalue weighted by molar-refractivity contribution is 0.288. The molecule has 2 aromatic rings. The van der Waals surface area contributed by atoms with Crippen molar-refractivity contribution in [2.24, 2.45) is 0 Å². The molecule has 0 amide bonds. The molecule has 1 aromatic carbocycles. The predicted molar refractivity (Wildman–Crippen MR) is 63.0 cm³/mol. The van der Waals surface area contributed by atoms with Crippen LogP contribution in [0.2, 0.25) is 0 Å². The number of aryl methyl sites for hydroxylation is 2. The summed E-state index contributed by atoms with van der Waals surface area (Å²) >= 11 is 0. The van der Waals surface area contributed by atoms with E-state index >= 15 is 0 Å². The number of fused-ring (bicyclic) bond motifs is 1. The summed E-state index contributed by atoms with van der Waals surface area (Å²) in [6.45, 7) is 2.94. The van der Waals surface area contributed by atoms with Crippen LogP contribution in [0.4, 0.5) is 4.39 Å². The molecule has 1 aromatic heterocycles.